The van der Waals surface area contributed by atoms with E-state index >= 15 is 0 Å². The molecular formula is C12H21N3O2. The van der Waals surface area contributed by atoms with Gasteiger partial charge in [-0.1, -0.05) is 6.92 Å². The van der Waals surface area contributed by atoms with E-state index in [1.165, 1.54) is 0 Å². The molecule has 0 saturated heterocycles. The van der Waals surface area contributed by atoms with Crippen LogP contribution < -0.4 is 10.1 Å². The maximum Gasteiger partial charge on any atom is 0.226 e. The summed E-state index contributed by atoms with van der Waals surface area (Å²) < 4.78 is 5.36. The molecule has 1 heterocycles. The summed E-state index contributed by atoms with van der Waals surface area (Å²) >= 11 is 0. The van der Waals surface area contributed by atoms with Crippen molar-refractivity contribution in [2.24, 2.45) is 0 Å². The zero-order valence-corrected chi connectivity index (χ0v) is 10.9. The number of aromatic nitrogens is 2. The van der Waals surface area contributed by atoms with Crippen LogP contribution in [-0.4, -0.2) is 33.8 Å². The molecule has 5 heteroatoms. The fourth-order valence-electron chi connectivity index (χ4n) is 1.33. The topological polar surface area (TPSA) is 67.3 Å². The van der Waals surface area contributed by atoms with Gasteiger partial charge in [0.1, 0.15) is 0 Å². The molecule has 0 amide bonds. The third kappa shape index (κ3) is 3.85. The molecule has 0 bridgehead atoms. The largest absolute Gasteiger partial charge is 0.478 e. The lowest BCUT2D eigenvalue weighted by Gasteiger charge is -2.27. The van der Waals surface area contributed by atoms with Gasteiger partial charge in [-0.15, -0.1) is 0 Å². The molecule has 1 unspecified atom stereocenters. The molecule has 0 aliphatic rings. The molecule has 0 saturated carbocycles. The van der Waals surface area contributed by atoms with Crippen LogP contribution in [0.1, 0.15) is 32.9 Å². The van der Waals surface area contributed by atoms with Gasteiger partial charge in [0.2, 0.25) is 11.8 Å². The summed E-state index contributed by atoms with van der Waals surface area (Å²) in [6, 6.07) is 1.79. The highest BCUT2D eigenvalue weighted by atomic mass is 16.5. The summed E-state index contributed by atoms with van der Waals surface area (Å²) in [5.41, 5.74) is 0.430. The van der Waals surface area contributed by atoms with Crippen molar-refractivity contribution in [1.29, 1.82) is 0 Å². The molecule has 1 aromatic rings. The average Bonchev–Trinajstić information content (AvgIpc) is 2.28. The Morgan fingerprint density at radius 2 is 2.12 bits per heavy atom. The minimum absolute atomic E-state index is 0.0325. The predicted molar refractivity (Wildman–Crippen MR) is 67.3 cm³/mol. The summed E-state index contributed by atoms with van der Waals surface area (Å²) in [5.74, 6) is 1.05. The highest BCUT2D eigenvalue weighted by molar-refractivity contribution is 5.33. The number of ether oxygens (including phenoxy) is 1. The number of aliphatic hydroxyl groups is 1. The zero-order chi connectivity index (χ0) is 12.9. The van der Waals surface area contributed by atoms with Crippen LogP contribution in [0.25, 0.3) is 0 Å². The first kappa shape index (κ1) is 13.7. The molecule has 0 aromatic carbocycles. The van der Waals surface area contributed by atoms with E-state index in [0.717, 1.165) is 12.1 Å². The van der Waals surface area contributed by atoms with E-state index in [2.05, 4.69) is 15.3 Å². The van der Waals surface area contributed by atoms with Gasteiger partial charge in [0, 0.05) is 11.8 Å². The van der Waals surface area contributed by atoms with Crippen molar-refractivity contribution in [3.63, 3.8) is 0 Å². The number of anilines is 1. The van der Waals surface area contributed by atoms with E-state index in [1.54, 1.807) is 6.07 Å². The van der Waals surface area contributed by atoms with Gasteiger partial charge in [-0.2, -0.15) is 4.98 Å². The maximum atomic E-state index is 9.34. The molecule has 1 aromatic heterocycles. The number of hydrogen-bond donors (Lipinski definition) is 2. The highest BCUT2D eigenvalue weighted by Crippen LogP contribution is 2.18. The van der Waals surface area contributed by atoms with Gasteiger partial charge < -0.3 is 15.2 Å². The molecule has 0 fully saturated rings. The molecule has 0 aliphatic carbocycles. The van der Waals surface area contributed by atoms with Crippen LogP contribution in [0.5, 0.6) is 5.88 Å². The quantitative estimate of drug-likeness (QED) is 0.791. The van der Waals surface area contributed by atoms with Gasteiger partial charge in [-0.25, -0.2) is 4.98 Å². The second-order valence-corrected chi connectivity index (χ2v) is 4.30. The molecule has 1 rings (SSSR count). The zero-order valence-electron chi connectivity index (χ0n) is 10.9. The highest BCUT2D eigenvalue weighted by Gasteiger charge is 2.22. The number of nitrogens with one attached hydrogen (secondary N) is 1. The van der Waals surface area contributed by atoms with Crippen molar-refractivity contribution in [2.75, 3.05) is 18.5 Å². The van der Waals surface area contributed by atoms with Crippen LogP contribution in [0.3, 0.4) is 0 Å². The second-order valence-electron chi connectivity index (χ2n) is 4.30. The molecule has 2 N–H and O–H groups in total. The lowest BCUT2D eigenvalue weighted by Crippen LogP contribution is -2.38. The molecule has 0 spiro atoms. The summed E-state index contributed by atoms with van der Waals surface area (Å²) in [6.45, 7) is 8.33. The van der Waals surface area contributed by atoms with Gasteiger partial charge in [-0.05, 0) is 27.2 Å². The number of aliphatic hydroxyl groups excluding tert-OH is 1. The summed E-state index contributed by atoms with van der Waals surface area (Å²) in [7, 11) is 0. The molecule has 0 aliphatic heterocycles. The van der Waals surface area contributed by atoms with Crippen molar-refractivity contribution in [2.45, 2.75) is 39.7 Å². The molecule has 96 valence electrons. The lowest BCUT2D eigenvalue weighted by molar-refractivity contribution is 0.218. The smallest absolute Gasteiger partial charge is 0.226 e. The van der Waals surface area contributed by atoms with Gasteiger partial charge >= 0.3 is 0 Å². The van der Waals surface area contributed by atoms with E-state index in [1.807, 2.05) is 27.7 Å². The third-order valence-electron chi connectivity index (χ3n) is 2.67. The first-order valence-electron chi connectivity index (χ1n) is 5.90. The monoisotopic (exact) mass is 239 g/mol. The van der Waals surface area contributed by atoms with E-state index < -0.39 is 5.54 Å². The van der Waals surface area contributed by atoms with Crippen molar-refractivity contribution in [3.8, 4) is 5.88 Å². The number of nitrogens with zero attached hydrogens (tertiary/aromatic N) is 2. The van der Waals surface area contributed by atoms with Crippen molar-refractivity contribution < 1.29 is 9.84 Å². The van der Waals surface area contributed by atoms with Crippen molar-refractivity contribution in [3.05, 3.63) is 11.8 Å². The van der Waals surface area contributed by atoms with E-state index in [4.69, 9.17) is 4.74 Å². The molecule has 0 radical (unpaired) electrons. The van der Waals surface area contributed by atoms with Crippen LogP contribution in [0.4, 0.5) is 5.95 Å². The van der Waals surface area contributed by atoms with Crippen LogP contribution in [0, 0.1) is 6.92 Å². The predicted octanol–water partition coefficient (Wildman–Crippen LogP) is 1.76. The average molecular weight is 239 g/mol. The third-order valence-corrected chi connectivity index (χ3v) is 2.67. The van der Waals surface area contributed by atoms with E-state index in [9.17, 15) is 5.11 Å². The van der Waals surface area contributed by atoms with Crippen LogP contribution >= 0.6 is 0 Å². The Kier molecular flexibility index (Phi) is 4.69. The molecule has 17 heavy (non-hydrogen) atoms. The Bertz CT molecular complexity index is 365. The Morgan fingerprint density at radius 3 is 2.65 bits per heavy atom. The Hall–Kier alpha value is -1.36. The fraction of sp³-hybridized carbons (Fsp3) is 0.667. The summed E-state index contributed by atoms with van der Waals surface area (Å²) in [4.78, 5) is 8.53. The van der Waals surface area contributed by atoms with Gasteiger partial charge in [0.25, 0.3) is 0 Å². The lowest BCUT2D eigenvalue weighted by atomic mass is 10.0. The summed E-state index contributed by atoms with van der Waals surface area (Å²) in [6.07, 6.45) is 0.783. The van der Waals surface area contributed by atoms with Crippen LogP contribution in [0.15, 0.2) is 6.07 Å². The number of rotatable bonds is 6. The Balaban J connectivity index is 2.90. The minimum atomic E-state index is -0.405. The SMILES string of the molecule is CCOc1cc(C)nc(NC(C)(CC)CO)n1. The minimum Gasteiger partial charge on any atom is -0.478 e. The Morgan fingerprint density at radius 1 is 1.41 bits per heavy atom. The van der Waals surface area contributed by atoms with Crippen LogP contribution in [0.2, 0.25) is 0 Å². The number of aryl methyl sites for hydroxylation is 1. The van der Waals surface area contributed by atoms with Gasteiger partial charge in [0.05, 0.1) is 18.8 Å². The fourth-order valence-corrected chi connectivity index (χ4v) is 1.33. The van der Waals surface area contributed by atoms with E-state index in [-0.39, 0.29) is 6.61 Å². The first-order chi connectivity index (χ1) is 8.03. The molecular weight excluding hydrogens is 218 g/mol. The maximum absolute atomic E-state index is 9.34. The Labute approximate surface area is 102 Å². The summed E-state index contributed by atoms with van der Waals surface area (Å²) in [5, 5.41) is 12.5. The molecule has 5 nitrogen and oxygen atoms in total. The molecule has 1 atom stereocenters. The standard InChI is InChI=1S/C12H21N3O2/c1-5-12(4,8-16)15-11-13-9(3)7-10(14-11)17-6-2/h7,16H,5-6,8H2,1-4H3,(H,13,14,15). The first-order valence-corrected chi connectivity index (χ1v) is 5.90. The normalized spacial score (nSPS) is 14.2. The van der Waals surface area contributed by atoms with Crippen molar-refractivity contribution in [1.82, 2.24) is 9.97 Å². The van der Waals surface area contributed by atoms with E-state index in [0.29, 0.717) is 18.4 Å². The van der Waals surface area contributed by atoms with Crippen LogP contribution in [-0.2, 0) is 0 Å². The van der Waals surface area contributed by atoms with Gasteiger partial charge in [-0.3, -0.25) is 0 Å². The number of hydrogen-bond acceptors (Lipinski definition) is 5. The van der Waals surface area contributed by atoms with Gasteiger partial charge in [0.15, 0.2) is 0 Å². The second kappa shape index (κ2) is 5.82. The van der Waals surface area contributed by atoms with Crippen molar-refractivity contribution >= 4 is 5.95 Å².